The van der Waals surface area contributed by atoms with Gasteiger partial charge in [-0.15, -0.1) is 0 Å². The molecular weight excluding hydrogens is 242 g/mol. The van der Waals surface area contributed by atoms with E-state index in [1.54, 1.807) is 0 Å². The molecule has 1 atom stereocenters. The zero-order chi connectivity index (χ0) is 13.7. The summed E-state index contributed by atoms with van der Waals surface area (Å²) in [4.78, 5) is 4.30. The standard InChI is InChI=1S/C14H19N3O2/c1-3-14(2,15)13-16-12(17-19-13)9-10-18-11-7-5-4-6-8-11/h4-8H,3,9-10,15H2,1-2H3. The zero-order valence-electron chi connectivity index (χ0n) is 11.3. The first kappa shape index (κ1) is 13.5. The highest BCUT2D eigenvalue weighted by Gasteiger charge is 2.25. The van der Waals surface area contributed by atoms with Gasteiger partial charge >= 0.3 is 0 Å². The number of benzene rings is 1. The molecule has 0 aliphatic heterocycles. The highest BCUT2D eigenvalue weighted by atomic mass is 16.5. The fourth-order valence-corrected chi connectivity index (χ4v) is 1.52. The molecule has 0 saturated carbocycles. The molecule has 5 nitrogen and oxygen atoms in total. The third-order valence-electron chi connectivity index (χ3n) is 3.03. The van der Waals surface area contributed by atoms with Crippen molar-refractivity contribution in [1.82, 2.24) is 10.1 Å². The Morgan fingerprint density at radius 2 is 2.05 bits per heavy atom. The maximum atomic E-state index is 6.04. The summed E-state index contributed by atoms with van der Waals surface area (Å²) in [7, 11) is 0. The van der Waals surface area contributed by atoms with Gasteiger partial charge in [-0.3, -0.25) is 0 Å². The average Bonchev–Trinajstić information content (AvgIpc) is 2.90. The normalized spacial score (nSPS) is 14.1. The Bertz CT molecular complexity index is 508. The van der Waals surface area contributed by atoms with E-state index in [9.17, 15) is 0 Å². The number of ether oxygens (including phenoxy) is 1. The molecule has 2 aromatic rings. The van der Waals surface area contributed by atoms with Crippen molar-refractivity contribution in [3.63, 3.8) is 0 Å². The Morgan fingerprint density at radius 1 is 1.32 bits per heavy atom. The molecule has 5 heteroatoms. The Balaban J connectivity index is 1.87. The van der Waals surface area contributed by atoms with E-state index in [-0.39, 0.29) is 0 Å². The van der Waals surface area contributed by atoms with E-state index in [1.165, 1.54) is 0 Å². The van der Waals surface area contributed by atoms with Crippen molar-refractivity contribution < 1.29 is 9.26 Å². The van der Waals surface area contributed by atoms with Gasteiger partial charge in [0.15, 0.2) is 5.82 Å². The smallest absolute Gasteiger partial charge is 0.246 e. The molecule has 0 bridgehead atoms. The summed E-state index contributed by atoms with van der Waals surface area (Å²) in [6.07, 6.45) is 1.34. The summed E-state index contributed by atoms with van der Waals surface area (Å²) in [6.45, 7) is 4.38. The minimum atomic E-state index is -0.564. The summed E-state index contributed by atoms with van der Waals surface area (Å²) in [5.74, 6) is 1.93. The Labute approximate surface area is 112 Å². The van der Waals surface area contributed by atoms with Crippen LogP contribution in [-0.2, 0) is 12.0 Å². The first-order chi connectivity index (χ1) is 9.12. The van der Waals surface area contributed by atoms with E-state index in [0.717, 1.165) is 12.2 Å². The molecule has 2 rings (SSSR count). The number of hydrogen-bond acceptors (Lipinski definition) is 5. The summed E-state index contributed by atoms with van der Waals surface area (Å²) in [5, 5.41) is 3.92. The fraction of sp³-hybridized carbons (Fsp3) is 0.429. The highest BCUT2D eigenvalue weighted by molar-refractivity contribution is 5.20. The van der Waals surface area contributed by atoms with Gasteiger partial charge in [-0.25, -0.2) is 0 Å². The number of aromatic nitrogens is 2. The van der Waals surface area contributed by atoms with Crippen molar-refractivity contribution in [3.8, 4) is 5.75 Å². The van der Waals surface area contributed by atoms with Crippen LogP contribution in [0.3, 0.4) is 0 Å². The van der Waals surface area contributed by atoms with E-state index < -0.39 is 5.54 Å². The van der Waals surface area contributed by atoms with E-state index in [4.69, 9.17) is 15.0 Å². The number of para-hydroxylation sites is 1. The lowest BCUT2D eigenvalue weighted by Crippen LogP contribution is -2.32. The molecule has 1 unspecified atom stereocenters. The highest BCUT2D eigenvalue weighted by Crippen LogP contribution is 2.19. The lowest BCUT2D eigenvalue weighted by Gasteiger charge is -2.16. The molecule has 0 saturated heterocycles. The van der Waals surface area contributed by atoms with E-state index >= 15 is 0 Å². The second kappa shape index (κ2) is 5.84. The first-order valence-corrected chi connectivity index (χ1v) is 6.41. The van der Waals surface area contributed by atoms with Crippen LogP contribution in [0.1, 0.15) is 32.0 Å². The number of rotatable bonds is 6. The third-order valence-corrected chi connectivity index (χ3v) is 3.03. The number of nitrogens with zero attached hydrogens (tertiary/aromatic N) is 2. The van der Waals surface area contributed by atoms with Crippen molar-refractivity contribution in [2.24, 2.45) is 5.73 Å². The third kappa shape index (κ3) is 3.54. The van der Waals surface area contributed by atoms with Crippen molar-refractivity contribution >= 4 is 0 Å². The van der Waals surface area contributed by atoms with Crippen LogP contribution in [0.25, 0.3) is 0 Å². The van der Waals surface area contributed by atoms with E-state index in [1.807, 2.05) is 44.2 Å². The Morgan fingerprint density at radius 3 is 2.74 bits per heavy atom. The van der Waals surface area contributed by atoms with Gasteiger partial charge in [0, 0.05) is 6.42 Å². The van der Waals surface area contributed by atoms with Gasteiger partial charge in [0.25, 0.3) is 0 Å². The summed E-state index contributed by atoms with van der Waals surface area (Å²) in [6, 6.07) is 9.64. The monoisotopic (exact) mass is 261 g/mol. The molecule has 0 fully saturated rings. The summed E-state index contributed by atoms with van der Waals surface area (Å²) < 4.78 is 10.8. The number of hydrogen-bond donors (Lipinski definition) is 1. The molecule has 0 radical (unpaired) electrons. The second-order valence-electron chi connectivity index (χ2n) is 4.70. The predicted octanol–water partition coefficient (Wildman–Crippen LogP) is 2.28. The molecule has 0 aliphatic carbocycles. The van der Waals surface area contributed by atoms with Gasteiger partial charge in [-0.1, -0.05) is 30.3 Å². The molecular formula is C14H19N3O2. The summed E-state index contributed by atoms with van der Waals surface area (Å²) in [5.41, 5.74) is 5.48. The molecule has 0 aliphatic rings. The van der Waals surface area contributed by atoms with Crippen molar-refractivity contribution in [2.45, 2.75) is 32.2 Å². The SMILES string of the molecule is CCC(C)(N)c1nc(CCOc2ccccc2)no1. The van der Waals surface area contributed by atoms with E-state index in [2.05, 4.69) is 10.1 Å². The minimum absolute atomic E-state index is 0.477. The first-order valence-electron chi connectivity index (χ1n) is 6.41. The van der Waals surface area contributed by atoms with Crippen molar-refractivity contribution in [1.29, 1.82) is 0 Å². The lowest BCUT2D eigenvalue weighted by molar-refractivity contribution is 0.286. The maximum Gasteiger partial charge on any atom is 0.246 e. The van der Waals surface area contributed by atoms with E-state index in [0.29, 0.717) is 24.7 Å². The zero-order valence-corrected chi connectivity index (χ0v) is 11.3. The Hall–Kier alpha value is -1.88. The fourth-order valence-electron chi connectivity index (χ4n) is 1.52. The van der Waals surface area contributed by atoms with Gasteiger partial charge in [0.2, 0.25) is 5.89 Å². The molecule has 0 amide bonds. The average molecular weight is 261 g/mol. The van der Waals surface area contributed by atoms with Crippen LogP contribution in [-0.4, -0.2) is 16.7 Å². The Kier molecular flexibility index (Phi) is 4.16. The quantitative estimate of drug-likeness (QED) is 0.863. The topological polar surface area (TPSA) is 74.2 Å². The van der Waals surface area contributed by atoms with Crippen molar-refractivity contribution in [2.75, 3.05) is 6.61 Å². The van der Waals surface area contributed by atoms with Crippen LogP contribution >= 0.6 is 0 Å². The lowest BCUT2D eigenvalue weighted by atomic mass is 10.0. The van der Waals surface area contributed by atoms with Gasteiger partial charge < -0.3 is 15.0 Å². The second-order valence-corrected chi connectivity index (χ2v) is 4.70. The van der Waals surface area contributed by atoms with Crippen LogP contribution in [0, 0.1) is 0 Å². The van der Waals surface area contributed by atoms with Crippen LogP contribution < -0.4 is 10.5 Å². The minimum Gasteiger partial charge on any atom is -0.493 e. The molecule has 1 aromatic heterocycles. The molecule has 102 valence electrons. The maximum absolute atomic E-state index is 6.04. The predicted molar refractivity (Wildman–Crippen MR) is 71.8 cm³/mol. The van der Waals surface area contributed by atoms with Gasteiger partial charge in [0.05, 0.1) is 12.1 Å². The van der Waals surface area contributed by atoms with Gasteiger partial charge in [0.1, 0.15) is 5.75 Å². The largest absolute Gasteiger partial charge is 0.493 e. The van der Waals surface area contributed by atoms with Crippen molar-refractivity contribution in [3.05, 3.63) is 42.0 Å². The molecule has 1 aromatic carbocycles. The molecule has 19 heavy (non-hydrogen) atoms. The van der Waals surface area contributed by atoms with Crippen LogP contribution in [0.5, 0.6) is 5.75 Å². The van der Waals surface area contributed by atoms with Crippen LogP contribution in [0.4, 0.5) is 0 Å². The molecule has 1 heterocycles. The van der Waals surface area contributed by atoms with Crippen LogP contribution in [0.2, 0.25) is 0 Å². The van der Waals surface area contributed by atoms with Gasteiger partial charge in [-0.2, -0.15) is 4.98 Å². The molecule has 0 spiro atoms. The molecule has 2 N–H and O–H groups in total. The van der Waals surface area contributed by atoms with Gasteiger partial charge in [-0.05, 0) is 25.5 Å². The van der Waals surface area contributed by atoms with Crippen LogP contribution in [0.15, 0.2) is 34.9 Å². The summed E-state index contributed by atoms with van der Waals surface area (Å²) >= 11 is 0. The number of nitrogens with two attached hydrogens (primary N) is 1.